The molecule has 74 valence electrons. The molecule has 13 heavy (non-hydrogen) atoms. The van der Waals surface area contributed by atoms with Crippen LogP contribution in [0.1, 0.15) is 45.4 Å². The molecular formula is C11H18O2. The van der Waals surface area contributed by atoms with Crippen LogP contribution in [0.5, 0.6) is 0 Å². The molecule has 0 amide bonds. The molecule has 0 aromatic rings. The van der Waals surface area contributed by atoms with Crippen LogP contribution in [0.3, 0.4) is 0 Å². The van der Waals surface area contributed by atoms with Gasteiger partial charge < -0.3 is 5.11 Å². The van der Waals surface area contributed by atoms with Crippen LogP contribution in [0.25, 0.3) is 0 Å². The SMILES string of the molecule is CCCCCC1CCC1=CC(=O)O. The van der Waals surface area contributed by atoms with Gasteiger partial charge in [-0.15, -0.1) is 0 Å². The summed E-state index contributed by atoms with van der Waals surface area (Å²) in [6.07, 6.45) is 8.55. The number of unbranched alkanes of at least 4 members (excludes halogenated alkanes) is 2. The Morgan fingerprint density at radius 3 is 2.85 bits per heavy atom. The van der Waals surface area contributed by atoms with Gasteiger partial charge in [0, 0.05) is 6.08 Å². The lowest BCUT2D eigenvalue weighted by atomic mass is 9.76. The second-order valence-electron chi connectivity index (χ2n) is 3.79. The topological polar surface area (TPSA) is 37.3 Å². The molecule has 1 atom stereocenters. The van der Waals surface area contributed by atoms with E-state index < -0.39 is 5.97 Å². The van der Waals surface area contributed by atoms with Gasteiger partial charge in [0.2, 0.25) is 0 Å². The van der Waals surface area contributed by atoms with Gasteiger partial charge in [-0.3, -0.25) is 0 Å². The van der Waals surface area contributed by atoms with Crippen LogP contribution >= 0.6 is 0 Å². The van der Waals surface area contributed by atoms with Crippen LogP contribution in [0.2, 0.25) is 0 Å². The summed E-state index contributed by atoms with van der Waals surface area (Å²) in [7, 11) is 0. The number of carboxylic acids is 1. The summed E-state index contributed by atoms with van der Waals surface area (Å²) in [5, 5.41) is 8.56. The van der Waals surface area contributed by atoms with Crippen molar-refractivity contribution in [3.63, 3.8) is 0 Å². The maximum absolute atomic E-state index is 10.4. The highest BCUT2D eigenvalue weighted by molar-refractivity contribution is 5.81. The second-order valence-corrected chi connectivity index (χ2v) is 3.79. The molecule has 0 aromatic heterocycles. The predicted octanol–water partition coefficient (Wildman–Crippen LogP) is 2.99. The van der Waals surface area contributed by atoms with E-state index in [1.165, 1.54) is 38.2 Å². The Balaban J connectivity index is 2.24. The van der Waals surface area contributed by atoms with Crippen LogP contribution in [-0.4, -0.2) is 11.1 Å². The van der Waals surface area contributed by atoms with Gasteiger partial charge >= 0.3 is 5.97 Å². The van der Waals surface area contributed by atoms with E-state index in [1.807, 2.05) is 0 Å². The van der Waals surface area contributed by atoms with E-state index in [1.54, 1.807) is 0 Å². The Bertz CT molecular complexity index is 206. The first-order valence-electron chi connectivity index (χ1n) is 5.17. The summed E-state index contributed by atoms with van der Waals surface area (Å²) in [6, 6.07) is 0. The first kappa shape index (κ1) is 10.3. The molecule has 1 saturated carbocycles. The van der Waals surface area contributed by atoms with Crippen molar-refractivity contribution in [2.45, 2.75) is 45.4 Å². The monoisotopic (exact) mass is 182 g/mol. The summed E-state index contributed by atoms with van der Waals surface area (Å²) in [5.41, 5.74) is 1.16. The van der Waals surface area contributed by atoms with Gasteiger partial charge in [0.05, 0.1) is 0 Å². The van der Waals surface area contributed by atoms with Crippen molar-refractivity contribution in [2.24, 2.45) is 5.92 Å². The van der Waals surface area contributed by atoms with E-state index in [0.29, 0.717) is 5.92 Å². The molecule has 0 radical (unpaired) electrons. The molecule has 1 aliphatic carbocycles. The van der Waals surface area contributed by atoms with Crippen LogP contribution in [-0.2, 0) is 4.79 Å². The van der Waals surface area contributed by atoms with Crippen molar-refractivity contribution >= 4 is 5.97 Å². The minimum atomic E-state index is -0.782. The van der Waals surface area contributed by atoms with Gasteiger partial charge in [-0.2, -0.15) is 0 Å². The Kier molecular flexibility index (Phi) is 4.00. The zero-order chi connectivity index (χ0) is 9.68. The predicted molar refractivity (Wildman–Crippen MR) is 52.6 cm³/mol. The van der Waals surface area contributed by atoms with E-state index in [0.717, 1.165) is 12.0 Å². The third kappa shape index (κ3) is 3.21. The fourth-order valence-electron chi connectivity index (χ4n) is 1.83. The molecule has 0 spiro atoms. The van der Waals surface area contributed by atoms with Gasteiger partial charge in [0.25, 0.3) is 0 Å². The zero-order valence-corrected chi connectivity index (χ0v) is 8.25. The quantitative estimate of drug-likeness (QED) is 0.524. The third-order valence-electron chi connectivity index (χ3n) is 2.77. The third-order valence-corrected chi connectivity index (χ3v) is 2.77. The maximum atomic E-state index is 10.4. The molecule has 1 rings (SSSR count). The van der Waals surface area contributed by atoms with Crippen molar-refractivity contribution < 1.29 is 9.90 Å². The molecule has 0 bridgehead atoms. The van der Waals surface area contributed by atoms with Crippen molar-refractivity contribution in [3.8, 4) is 0 Å². The number of hydrogen-bond acceptors (Lipinski definition) is 1. The Morgan fingerprint density at radius 2 is 2.38 bits per heavy atom. The Hall–Kier alpha value is -0.790. The standard InChI is InChI=1S/C11H18O2/c1-2-3-4-5-9-6-7-10(9)8-11(12)13/h8-9H,2-7H2,1H3,(H,12,13). The summed E-state index contributed by atoms with van der Waals surface area (Å²) in [4.78, 5) is 10.4. The average molecular weight is 182 g/mol. The fourth-order valence-corrected chi connectivity index (χ4v) is 1.83. The largest absolute Gasteiger partial charge is 0.478 e. The van der Waals surface area contributed by atoms with Crippen molar-refractivity contribution in [1.82, 2.24) is 0 Å². The van der Waals surface area contributed by atoms with E-state index in [9.17, 15) is 4.79 Å². The molecule has 1 aliphatic rings. The van der Waals surface area contributed by atoms with Crippen LogP contribution in [0.4, 0.5) is 0 Å². The van der Waals surface area contributed by atoms with Crippen molar-refractivity contribution in [3.05, 3.63) is 11.6 Å². The summed E-state index contributed by atoms with van der Waals surface area (Å²) in [5.74, 6) is -0.196. The molecule has 0 heterocycles. The molecule has 0 aromatic carbocycles. The average Bonchev–Trinajstić information content (AvgIpc) is 2.06. The first-order valence-corrected chi connectivity index (χ1v) is 5.17. The Morgan fingerprint density at radius 1 is 1.62 bits per heavy atom. The highest BCUT2D eigenvalue weighted by Crippen LogP contribution is 2.37. The number of hydrogen-bond donors (Lipinski definition) is 1. The van der Waals surface area contributed by atoms with E-state index in [4.69, 9.17) is 5.11 Å². The number of aliphatic carboxylic acids is 1. The molecule has 2 heteroatoms. The lowest BCUT2D eigenvalue weighted by molar-refractivity contribution is -0.131. The minimum Gasteiger partial charge on any atom is -0.478 e. The van der Waals surface area contributed by atoms with E-state index in [-0.39, 0.29) is 0 Å². The summed E-state index contributed by atoms with van der Waals surface area (Å²) < 4.78 is 0. The molecule has 1 fully saturated rings. The number of allylic oxidation sites excluding steroid dienone is 1. The minimum absolute atomic E-state index is 0.586. The lowest BCUT2D eigenvalue weighted by Gasteiger charge is -2.29. The van der Waals surface area contributed by atoms with Gasteiger partial charge in [0.15, 0.2) is 0 Å². The molecule has 1 N–H and O–H groups in total. The van der Waals surface area contributed by atoms with Gasteiger partial charge in [-0.25, -0.2) is 4.79 Å². The summed E-state index contributed by atoms with van der Waals surface area (Å²) in [6.45, 7) is 2.19. The number of rotatable bonds is 5. The molecular weight excluding hydrogens is 164 g/mol. The molecule has 0 aliphatic heterocycles. The van der Waals surface area contributed by atoms with Gasteiger partial charge in [0.1, 0.15) is 0 Å². The van der Waals surface area contributed by atoms with Gasteiger partial charge in [-0.1, -0.05) is 31.8 Å². The normalized spacial score (nSPS) is 24.4. The van der Waals surface area contributed by atoms with Crippen LogP contribution in [0, 0.1) is 5.92 Å². The van der Waals surface area contributed by atoms with E-state index >= 15 is 0 Å². The van der Waals surface area contributed by atoms with Crippen LogP contribution < -0.4 is 0 Å². The summed E-state index contributed by atoms with van der Waals surface area (Å²) >= 11 is 0. The number of carboxylic acid groups (broad SMARTS) is 1. The Labute approximate surface area is 79.6 Å². The lowest BCUT2D eigenvalue weighted by Crippen LogP contribution is -2.16. The molecule has 2 nitrogen and oxygen atoms in total. The smallest absolute Gasteiger partial charge is 0.328 e. The maximum Gasteiger partial charge on any atom is 0.328 e. The molecule has 0 saturated heterocycles. The van der Waals surface area contributed by atoms with Crippen molar-refractivity contribution in [2.75, 3.05) is 0 Å². The zero-order valence-electron chi connectivity index (χ0n) is 8.25. The highest BCUT2D eigenvalue weighted by atomic mass is 16.4. The van der Waals surface area contributed by atoms with E-state index in [2.05, 4.69) is 6.92 Å². The molecule has 1 unspecified atom stereocenters. The van der Waals surface area contributed by atoms with Crippen LogP contribution in [0.15, 0.2) is 11.6 Å². The highest BCUT2D eigenvalue weighted by Gasteiger charge is 2.23. The van der Waals surface area contributed by atoms with Gasteiger partial charge in [-0.05, 0) is 25.2 Å². The van der Waals surface area contributed by atoms with Crippen molar-refractivity contribution in [1.29, 1.82) is 0 Å². The number of carbonyl (C=O) groups is 1. The second kappa shape index (κ2) is 5.05. The first-order chi connectivity index (χ1) is 6.24. The fraction of sp³-hybridized carbons (Fsp3) is 0.727.